The molecule has 0 unspecified atom stereocenters. The number of nitrogens with one attached hydrogen (secondary N) is 1. The Morgan fingerprint density at radius 3 is 2.68 bits per heavy atom. The summed E-state index contributed by atoms with van der Waals surface area (Å²) in [6.07, 6.45) is 3.26. The first-order valence-electron chi connectivity index (χ1n) is 5.88. The molecule has 1 aliphatic heterocycles. The molecule has 2 heterocycles. The summed E-state index contributed by atoms with van der Waals surface area (Å²) in [7, 11) is 1.49. The molecule has 0 spiro atoms. The Balaban J connectivity index is 1.83. The zero-order valence-electron chi connectivity index (χ0n) is 10.3. The molecule has 0 saturated carbocycles. The fraction of sp³-hybridized carbons (Fsp3) is 0.143. The summed E-state index contributed by atoms with van der Waals surface area (Å²) >= 11 is 0. The summed E-state index contributed by atoms with van der Waals surface area (Å²) in [6, 6.07) is 7.04. The number of furan rings is 1. The van der Waals surface area contributed by atoms with E-state index in [1.807, 2.05) is 6.07 Å². The number of anilines is 1. The van der Waals surface area contributed by atoms with Crippen LogP contribution in [0.25, 0.3) is 0 Å². The number of hydrogen-bond acceptors (Lipinski definition) is 4. The molecule has 1 aliphatic rings. The zero-order chi connectivity index (χ0) is 13.4. The van der Waals surface area contributed by atoms with Gasteiger partial charge < -0.3 is 9.73 Å². The van der Waals surface area contributed by atoms with Crippen LogP contribution in [-0.2, 0) is 6.54 Å². The van der Waals surface area contributed by atoms with Gasteiger partial charge >= 0.3 is 0 Å². The Morgan fingerprint density at radius 2 is 1.95 bits per heavy atom. The van der Waals surface area contributed by atoms with E-state index in [0.717, 1.165) is 16.2 Å². The van der Waals surface area contributed by atoms with E-state index in [1.54, 1.807) is 30.7 Å². The third-order valence-electron chi connectivity index (χ3n) is 3.17. The van der Waals surface area contributed by atoms with Crippen LogP contribution in [0.15, 0.2) is 41.2 Å². The molecule has 1 aromatic heterocycles. The van der Waals surface area contributed by atoms with Gasteiger partial charge in [0.1, 0.15) is 0 Å². The lowest BCUT2D eigenvalue weighted by Gasteiger charge is -2.05. The van der Waals surface area contributed by atoms with E-state index in [-0.39, 0.29) is 11.8 Å². The molecule has 0 atom stereocenters. The molecule has 2 amide bonds. The molecule has 0 fully saturated rings. The van der Waals surface area contributed by atoms with Crippen molar-refractivity contribution in [1.29, 1.82) is 0 Å². The molecular formula is C14H12N2O3. The number of carbonyl (C=O) groups excluding carboxylic acids is 2. The molecule has 19 heavy (non-hydrogen) atoms. The first-order valence-corrected chi connectivity index (χ1v) is 5.88. The molecule has 96 valence electrons. The van der Waals surface area contributed by atoms with Crippen LogP contribution in [0.2, 0.25) is 0 Å². The highest BCUT2D eigenvalue weighted by atomic mass is 16.3. The average molecular weight is 256 g/mol. The van der Waals surface area contributed by atoms with Gasteiger partial charge in [-0.1, -0.05) is 0 Å². The highest BCUT2D eigenvalue weighted by molar-refractivity contribution is 6.21. The monoisotopic (exact) mass is 256 g/mol. The number of carbonyl (C=O) groups is 2. The van der Waals surface area contributed by atoms with Crippen molar-refractivity contribution in [3.63, 3.8) is 0 Å². The zero-order valence-corrected chi connectivity index (χ0v) is 10.3. The second kappa shape index (κ2) is 4.28. The highest BCUT2D eigenvalue weighted by Crippen LogP contribution is 2.24. The standard InChI is InChI=1S/C14H12N2O3/c1-16-13(17)11-3-2-10(6-12(11)14(16)18)15-7-9-4-5-19-8-9/h2-6,8,15H,7H2,1H3. The molecule has 5 nitrogen and oxygen atoms in total. The Morgan fingerprint density at radius 1 is 1.16 bits per heavy atom. The third-order valence-corrected chi connectivity index (χ3v) is 3.17. The van der Waals surface area contributed by atoms with E-state index in [2.05, 4.69) is 5.32 Å². The topological polar surface area (TPSA) is 62.6 Å². The maximum Gasteiger partial charge on any atom is 0.261 e. The molecule has 0 aliphatic carbocycles. The number of amides is 2. The largest absolute Gasteiger partial charge is 0.472 e. The number of rotatable bonds is 3. The average Bonchev–Trinajstić information content (AvgIpc) is 3.01. The number of hydrogen-bond donors (Lipinski definition) is 1. The van der Waals surface area contributed by atoms with Gasteiger partial charge in [0.15, 0.2) is 0 Å². The van der Waals surface area contributed by atoms with E-state index in [1.165, 1.54) is 7.05 Å². The van der Waals surface area contributed by atoms with Crippen molar-refractivity contribution in [3.8, 4) is 0 Å². The van der Waals surface area contributed by atoms with Gasteiger partial charge in [-0.2, -0.15) is 0 Å². The minimum Gasteiger partial charge on any atom is -0.472 e. The highest BCUT2D eigenvalue weighted by Gasteiger charge is 2.32. The normalized spacial score (nSPS) is 13.8. The summed E-state index contributed by atoms with van der Waals surface area (Å²) in [6.45, 7) is 0.604. The number of nitrogens with zero attached hydrogens (tertiary/aromatic N) is 1. The van der Waals surface area contributed by atoms with Gasteiger partial charge in [-0.3, -0.25) is 14.5 Å². The molecule has 5 heteroatoms. The molecule has 2 aromatic rings. The van der Waals surface area contributed by atoms with Crippen molar-refractivity contribution >= 4 is 17.5 Å². The van der Waals surface area contributed by atoms with Crippen LogP contribution in [0.1, 0.15) is 26.3 Å². The van der Waals surface area contributed by atoms with Crippen LogP contribution in [0.5, 0.6) is 0 Å². The molecule has 1 N–H and O–H groups in total. The fourth-order valence-electron chi connectivity index (χ4n) is 2.07. The van der Waals surface area contributed by atoms with Gasteiger partial charge in [0.05, 0.1) is 23.7 Å². The van der Waals surface area contributed by atoms with Crippen molar-refractivity contribution < 1.29 is 14.0 Å². The van der Waals surface area contributed by atoms with Crippen LogP contribution in [0, 0.1) is 0 Å². The van der Waals surface area contributed by atoms with E-state index < -0.39 is 0 Å². The van der Waals surface area contributed by atoms with Crippen molar-refractivity contribution in [2.75, 3.05) is 12.4 Å². The van der Waals surface area contributed by atoms with Gasteiger partial charge in [-0.05, 0) is 24.3 Å². The smallest absolute Gasteiger partial charge is 0.261 e. The SMILES string of the molecule is CN1C(=O)c2ccc(NCc3ccoc3)cc2C1=O. The third kappa shape index (κ3) is 1.89. The van der Waals surface area contributed by atoms with Crippen LogP contribution in [-0.4, -0.2) is 23.8 Å². The van der Waals surface area contributed by atoms with Gasteiger partial charge in [0.2, 0.25) is 0 Å². The molecular weight excluding hydrogens is 244 g/mol. The Bertz CT molecular complexity index is 647. The van der Waals surface area contributed by atoms with Gasteiger partial charge in [-0.15, -0.1) is 0 Å². The predicted octanol–water partition coefficient (Wildman–Crippen LogP) is 2.12. The summed E-state index contributed by atoms with van der Waals surface area (Å²) in [5.74, 6) is -0.506. The van der Waals surface area contributed by atoms with Gasteiger partial charge in [0.25, 0.3) is 11.8 Å². The summed E-state index contributed by atoms with van der Waals surface area (Å²) in [5, 5.41) is 3.18. The maximum atomic E-state index is 11.9. The summed E-state index contributed by atoms with van der Waals surface area (Å²) in [4.78, 5) is 24.7. The van der Waals surface area contributed by atoms with Crippen molar-refractivity contribution in [2.24, 2.45) is 0 Å². The van der Waals surface area contributed by atoms with Crippen LogP contribution < -0.4 is 5.32 Å². The molecule has 0 radical (unpaired) electrons. The Kier molecular flexibility index (Phi) is 2.59. The number of imide groups is 1. The van der Waals surface area contributed by atoms with Crippen molar-refractivity contribution in [2.45, 2.75) is 6.54 Å². The van der Waals surface area contributed by atoms with Crippen LogP contribution >= 0.6 is 0 Å². The second-order valence-corrected chi connectivity index (χ2v) is 4.41. The molecule has 0 bridgehead atoms. The quantitative estimate of drug-likeness (QED) is 0.854. The van der Waals surface area contributed by atoms with E-state index >= 15 is 0 Å². The van der Waals surface area contributed by atoms with E-state index in [9.17, 15) is 9.59 Å². The summed E-state index contributed by atoms with van der Waals surface area (Å²) in [5.41, 5.74) is 2.72. The van der Waals surface area contributed by atoms with Crippen LogP contribution in [0.3, 0.4) is 0 Å². The summed E-state index contributed by atoms with van der Waals surface area (Å²) < 4.78 is 4.98. The lowest BCUT2D eigenvalue weighted by molar-refractivity contribution is 0.0693. The van der Waals surface area contributed by atoms with Gasteiger partial charge in [0, 0.05) is 24.8 Å². The van der Waals surface area contributed by atoms with E-state index in [4.69, 9.17) is 4.42 Å². The molecule has 1 aromatic carbocycles. The van der Waals surface area contributed by atoms with Gasteiger partial charge in [-0.25, -0.2) is 0 Å². The number of fused-ring (bicyclic) bond motifs is 1. The lowest BCUT2D eigenvalue weighted by atomic mass is 10.1. The van der Waals surface area contributed by atoms with E-state index in [0.29, 0.717) is 17.7 Å². The number of benzene rings is 1. The minimum absolute atomic E-state index is 0.249. The van der Waals surface area contributed by atoms with Crippen LogP contribution in [0.4, 0.5) is 5.69 Å². The van der Waals surface area contributed by atoms with Crippen molar-refractivity contribution in [3.05, 3.63) is 53.5 Å². The lowest BCUT2D eigenvalue weighted by Crippen LogP contribution is -2.24. The predicted molar refractivity (Wildman–Crippen MR) is 68.9 cm³/mol. The second-order valence-electron chi connectivity index (χ2n) is 4.41. The Hall–Kier alpha value is -2.56. The fourth-order valence-corrected chi connectivity index (χ4v) is 2.07. The Labute approximate surface area is 109 Å². The molecule has 0 saturated heterocycles. The van der Waals surface area contributed by atoms with Crippen molar-refractivity contribution in [1.82, 2.24) is 4.90 Å². The minimum atomic E-state index is -0.257. The molecule has 3 rings (SSSR count). The maximum absolute atomic E-state index is 11.9. The first-order chi connectivity index (χ1) is 9.16. The first kappa shape index (κ1) is 11.5.